The molecule has 0 unspecified atom stereocenters. The number of carbonyl (C=O) groups is 1. The molecule has 132 valence electrons. The van der Waals surface area contributed by atoms with E-state index >= 15 is 0 Å². The summed E-state index contributed by atoms with van der Waals surface area (Å²) in [5, 5.41) is 4.33. The minimum atomic E-state index is -0.342. The second-order valence-corrected chi connectivity index (χ2v) is 6.31. The summed E-state index contributed by atoms with van der Waals surface area (Å²) in [6.45, 7) is 2.30. The number of aromatic amines is 2. The average molecular weight is 353 g/mol. The van der Waals surface area contributed by atoms with Crippen LogP contribution in [0.5, 0.6) is 0 Å². The molecule has 0 atom stereocenters. The monoisotopic (exact) mass is 353 g/mol. The molecule has 1 amide bonds. The minimum Gasteiger partial charge on any atom is -0.356 e. The van der Waals surface area contributed by atoms with Gasteiger partial charge in [0.15, 0.2) is 0 Å². The predicted molar refractivity (Wildman–Crippen MR) is 97.3 cm³/mol. The standard InChI is InChI=1S/C20H17F2N3O/c1-11-14(15-3-2-4-16(22)19(15)24-11)7-8-23-20(26)18-10-12-9-13(21)5-6-17(12)25-18/h2-6,9-10,24-25H,7-8H2,1H3,(H,23,26). The molecule has 26 heavy (non-hydrogen) atoms. The Morgan fingerprint density at radius 1 is 1.12 bits per heavy atom. The van der Waals surface area contributed by atoms with Gasteiger partial charge in [0.2, 0.25) is 0 Å². The molecule has 2 aromatic carbocycles. The zero-order valence-electron chi connectivity index (χ0n) is 14.1. The quantitative estimate of drug-likeness (QED) is 0.506. The SMILES string of the molecule is Cc1[nH]c2c(F)cccc2c1CCNC(=O)c1cc2cc(F)ccc2[nH]1. The van der Waals surface area contributed by atoms with Gasteiger partial charge in [-0.1, -0.05) is 12.1 Å². The lowest BCUT2D eigenvalue weighted by atomic mass is 10.1. The third-order valence-corrected chi connectivity index (χ3v) is 4.59. The van der Waals surface area contributed by atoms with Gasteiger partial charge < -0.3 is 15.3 Å². The normalized spacial score (nSPS) is 11.3. The highest BCUT2D eigenvalue weighted by molar-refractivity contribution is 5.98. The predicted octanol–water partition coefficient (Wildman–Crippen LogP) is 4.21. The molecule has 6 heteroatoms. The fourth-order valence-electron chi connectivity index (χ4n) is 3.31. The number of hydrogen-bond donors (Lipinski definition) is 3. The fourth-order valence-corrected chi connectivity index (χ4v) is 3.31. The summed E-state index contributed by atoms with van der Waals surface area (Å²) in [5.74, 6) is -0.887. The van der Waals surface area contributed by atoms with Gasteiger partial charge in [0.25, 0.3) is 5.91 Å². The minimum absolute atomic E-state index is 0.259. The van der Waals surface area contributed by atoms with E-state index in [1.165, 1.54) is 18.2 Å². The number of para-hydroxylation sites is 1. The molecule has 0 aliphatic heterocycles. The van der Waals surface area contributed by atoms with Gasteiger partial charge in [-0.05, 0) is 49.2 Å². The highest BCUT2D eigenvalue weighted by atomic mass is 19.1. The molecule has 4 aromatic rings. The molecule has 0 aliphatic rings. The van der Waals surface area contributed by atoms with Gasteiger partial charge in [-0.25, -0.2) is 8.78 Å². The van der Waals surface area contributed by atoms with Gasteiger partial charge in [-0.15, -0.1) is 0 Å². The maximum Gasteiger partial charge on any atom is 0.267 e. The number of fused-ring (bicyclic) bond motifs is 2. The van der Waals surface area contributed by atoms with Crippen molar-refractivity contribution in [2.24, 2.45) is 0 Å². The van der Waals surface area contributed by atoms with Crippen molar-refractivity contribution in [1.82, 2.24) is 15.3 Å². The van der Waals surface area contributed by atoms with E-state index in [0.717, 1.165) is 16.6 Å². The van der Waals surface area contributed by atoms with E-state index in [1.807, 2.05) is 13.0 Å². The number of benzene rings is 2. The molecular weight excluding hydrogens is 336 g/mol. The number of nitrogens with one attached hydrogen (secondary N) is 3. The van der Waals surface area contributed by atoms with E-state index in [-0.39, 0.29) is 17.5 Å². The number of H-pyrrole nitrogens is 2. The Kier molecular flexibility index (Phi) is 3.95. The van der Waals surface area contributed by atoms with Crippen LogP contribution in [0.1, 0.15) is 21.7 Å². The first kappa shape index (κ1) is 16.3. The van der Waals surface area contributed by atoms with E-state index < -0.39 is 0 Å². The Morgan fingerprint density at radius 3 is 2.81 bits per heavy atom. The highest BCUT2D eigenvalue weighted by Gasteiger charge is 2.13. The van der Waals surface area contributed by atoms with Crippen LogP contribution in [-0.2, 0) is 6.42 Å². The van der Waals surface area contributed by atoms with Crippen LogP contribution in [0, 0.1) is 18.6 Å². The summed E-state index contributed by atoms with van der Waals surface area (Å²) in [4.78, 5) is 18.4. The van der Waals surface area contributed by atoms with E-state index in [9.17, 15) is 13.6 Å². The Hall–Kier alpha value is -3.15. The number of halogens is 2. The zero-order chi connectivity index (χ0) is 18.3. The second-order valence-electron chi connectivity index (χ2n) is 6.31. The molecule has 3 N–H and O–H groups in total. The Bertz CT molecular complexity index is 1130. The lowest BCUT2D eigenvalue weighted by Gasteiger charge is -2.04. The van der Waals surface area contributed by atoms with E-state index in [2.05, 4.69) is 15.3 Å². The second kappa shape index (κ2) is 6.29. The molecule has 0 aliphatic carbocycles. The van der Waals surface area contributed by atoms with Crippen molar-refractivity contribution in [2.75, 3.05) is 6.54 Å². The molecule has 0 bridgehead atoms. The van der Waals surface area contributed by atoms with Crippen molar-refractivity contribution < 1.29 is 13.6 Å². The Balaban J connectivity index is 1.48. The smallest absolute Gasteiger partial charge is 0.267 e. The van der Waals surface area contributed by atoms with Crippen molar-refractivity contribution in [2.45, 2.75) is 13.3 Å². The van der Waals surface area contributed by atoms with Crippen LogP contribution >= 0.6 is 0 Å². The number of carbonyl (C=O) groups excluding carboxylic acids is 1. The van der Waals surface area contributed by atoms with Crippen molar-refractivity contribution in [1.29, 1.82) is 0 Å². The third kappa shape index (κ3) is 2.83. The Morgan fingerprint density at radius 2 is 1.96 bits per heavy atom. The maximum atomic E-state index is 13.8. The molecule has 0 fully saturated rings. The van der Waals surface area contributed by atoms with Crippen molar-refractivity contribution in [3.05, 3.63) is 71.1 Å². The van der Waals surface area contributed by atoms with Crippen LogP contribution in [0.4, 0.5) is 8.78 Å². The Labute approximate surface area is 148 Å². The molecule has 0 spiro atoms. The summed E-state index contributed by atoms with van der Waals surface area (Å²) in [6, 6.07) is 10.9. The molecular formula is C20H17F2N3O. The van der Waals surface area contributed by atoms with Crippen LogP contribution in [0.3, 0.4) is 0 Å². The van der Waals surface area contributed by atoms with Crippen LogP contribution in [-0.4, -0.2) is 22.4 Å². The van der Waals surface area contributed by atoms with Gasteiger partial charge in [0.05, 0.1) is 5.52 Å². The van der Waals surface area contributed by atoms with Crippen LogP contribution in [0.15, 0.2) is 42.5 Å². The van der Waals surface area contributed by atoms with E-state index in [4.69, 9.17) is 0 Å². The first-order chi connectivity index (χ1) is 12.5. The van der Waals surface area contributed by atoms with Gasteiger partial charge in [0.1, 0.15) is 17.3 Å². The lowest BCUT2D eigenvalue weighted by molar-refractivity contribution is 0.0950. The van der Waals surface area contributed by atoms with Gasteiger partial charge in [-0.3, -0.25) is 4.79 Å². The van der Waals surface area contributed by atoms with Gasteiger partial charge in [-0.2, -0.15) is 0 Å². The third-order valence-electron chi connectivity index (χ3n) is 4.59. The molecule has 2 aromatic heterocycles. The van der Waals surface area contributed by atoms with E-state index in [1.54, 1.807) is 18.2 Å². The van der Waals surface area contributed by atoms with Crippen molar-refractivity contribution in [3.8, 4) is 0 Å². The molecule has 2 heterocycles. The van der Waals surface area contributed by atoms with Gasteiger partial charge in [0, 0.05) is 28.5 Å². The van der Waals surface area contributed by atoms with Crippen LogP contribution in [0.25, 0.3) is 21.8 Å². The average Bonchev–Trinajstić information content (AvgIpc) is 3.17. The summed E-state index contributed by atoms with van der Waals surface area (Å²) in [6.07, 6.45) is 0.579. The summed E-state index contributed by atoms with van der Waals surface area (Å²) in [7, 11) is 0. The number of amides is 1. The number of aromatic nitrogens is 2. The van der Waals surface area contributed by atoms with E-state index in [0.29, 0.717) is 35.1 Å². The van der Waals surface area contributed by atoms with Gasteiger partial charge >= 0.3 is 0 Å². The highest BCUT2D eigenvalue weighted by Crippen LogP contribution is 2.24. The maximum absolute atomic E-state index is 13.8. The first-order valence-corrected chi connectivity index (χ1v) is 8.35. The fraction of sp³-hybridized carbons (Fsp3) is 0.150. The van der Waals surface area contributed by atoms with Crippen LogP contribution < -0.4 is 5.32 Å². The molecule has 4 nitrogen and oxygen atoms in total. The molecule has 0 saturated heterocycles. The topological polar surface area (TPSA) is 60.7 Å². The molecule has 4 rings (SSSR count). The zero-order valence-corrected chi connectivity index (χ0v) is 14.1. The summed E-state index contributed by atoms with van der Waals surface area (Å²) < 4.78 is 27.1. The first-order valence-electron chi connectivity index (χ1n) is 8.35. The number of rotatable bonds is 4. The summed E-state index contributed by atoms with van der Waals surface area (Å²) in [5.41, 5.74) is 3.45. The number of aryl methyl sites for hydroxylation is 1. The van der Waals surface area contributed by atoms with Crippen molar-refractivity contribution >= 4 is 27.7 Å². The molecule has 0 radical (unpaired) electrons. The number of hydrogen-bond acceptors (Lipinski definition) is 1. The summed E-state index contributed by atoms with van der Waals surface area (Å²) >= 11 is 0. The van der Waals surface area contributed by atoms with Crippen LogP contribution in [0.2, 0.25) is 0 Å². The lowest BCUT2D eigenvalue weighted by Crippen LogP contribution is -2.26. The largest absolute Gasteiger partial charge is 0.356 e. The van der Waals surface area contributed by atoms with Crippen molar-refractivity contribution in [3.63, 3.8) is 0 Å². The molecule has 0 saturated carbocycles.